The highest BCUT2D eigenvalue weighted by molar-refractivity contribution is 6.00. The predicted molar refractivity (Wildman–Crippen MR) is 269 cm³/mol. The predicted octanol–water partition coefficient (Wildman–Crippen LogP) is 3.75. The smallest absolute Gasteiger partial charge is 0.322 e. The number of aromatic nitrogens is 2. The first-order valence-corrected chi connectivity index (χ1v) is 24.3. The van der Waals surface area contributed by atoms with Gasteiger partial charge in [0.2, 0.25) is 23.6 Å². The summed E-state index contributed by atoms with van der Waals surface area (Å²) in [6.45, 7) is 9.41. The standard InChI is InChI=1S/C52H69N11O8/c1-7-9-11-35-14-16-38(29-36(35)12-10-8-2)71-52-59-31(3)45(32(4)60-52)49(66)61-41(19-20-53)51(68)63(6)46-37-15-18-44(70-26-23-56)40(30-37)39-27-34(13-17-43(39)69-25-22-55)28-42(48(65)57-24-21-54)62-47(64)33(5)58-50(46)67/h13-18,27,29-30,33,41-42,46H,7-12,19-20,22-26,28,53,55-56H2,1-6H3,(H,57,65)(H,58,67)(H,61,66)(H,62,64)/t33-,41-,42-,46-/m0/s1. The van der Waals surface area contributed by atoms with Gasteiger partial charge in [0.15, 0.2) is 0 Å². The van der Waals surface area contributed by atoms with E-state index >= 15 is 0 Å². The van der Waals surface area contributed by atoms with E-state index in [1.807, 2.05) is 18.2 Å². The summed E-state index contributed by atoms with van der Waals surface area (Å²) >= 11 is 0. The summed E-state index contributed by atoms with van der Waals surface area (Å²) in [7, 11) is 1.41. The van der Waals surface area contributed by atoms with E-state index in [0.717, 1.165) is 38.5 Å². The fraction of sp³-hybridized carbons (Fsp3) is 0.462. The minimum absolute atomic E-state index is 0.00266. The number of carbonyl (C=O) groups is 5. The highest BCUT2D eigenvalue weighted by Crippen LogP contribution is 2.40. The summed E-state index contributed by atoms with van der Waals surface area (Å²) in [4.78, 5) is 81.1. The molecule has 0 fully saturated rings. The second kappa shape index (κ2) is 26.7. The van der Waals surface area contributed by atoms with E-state index in [1.54, 1.807) is 50.2 Å². The van der Waals surface area contributed by atoms with Gasteiger partial charge in [0, 0.05) is 37.7 Å². The third-order valence-electron chi connectivity index (χ3n) is 12.1. The van der Waals surface area contributed by atoms with Crippen LogP contribution in [-0.4, -0.2) is 109 Å². The van der Waals surface area contributed by atoms with Gasteiger partial charge in [0.1, 0.15) is 61.2 Å². The topological polar surface area (TPSA) is 292 Å². The fourth-order valence-electron chi connectivity index (χ4n) is 8.40. The molecule has 1 aliphatic rings. The Morgan fingerprint density at radius 2 is 1.48 bits per heavy atom. The molecular weight excluding hydrogens is 907 g/mol. The van der Waals surface area contributed by atoms with Crippen LogP contribution in [0.5, 0.6) is 23.3 Å². The lowest BCUT2D eigenvalue weighted by atomic mass is 9.93. The highest BCUT2D eigenvalue weighted by Gasteiger charge is 2.36. The highest BCUT2D eigenvalue weighted by atomic mass is 16.5. The van der Waals surface area contributed by atoms with Crippen molar-refractivity contribution in [2.75, 3.05) is 46.4 Å². The van der Waals surface area contributed by atoms with Crippen molar-refractivity contribution in [3.8, 4) is 40.5 Å². The number of nitriles is 1. The van der Waals surface area contributed by atoms with Gasteiger partial charge in [0.05, 0.1) is 23.0 Å². The number of ether oxygens (including phenoxy) is 3. The monoisotopic (exact) mass is 976 g/mol. The number of nitrogens with one attached hydrogen (secondary N) is 4. The Kier molecular flexibility index (Phi) is 20.6. The van der Waals surface area contributed by atoms with Crippen LogP contribution in [0.4, 0.5) is 0 Å². The van der Waals surface area contributed by atoms with Gasteiger partial charge in [-0.15, -0.1) is 0 Å². The first-order chi connectivity index (χ1) is 34.2. The van der Waals surface area contributed by atoms with Crippen molar-refractivity contribution in [1.82, 2.24) is 36.1 Å². The molecule has 5 amide bonds. The molecule has 4 bridgehead atoms. The van der Waals surface area contributed by atoms with Crippen LogP contribution >= 0.6 is 0 Å². The Bertz CT molecular complexity index is 2540. The van der Waals surface area contributed by atoms with Crippen molar-refractivity contribution in [3.63, 3.8) is 0 Å². The number of carbonyl (C=O) groups excluding carboxylic acids is 5. The second-order valence-electron chi connectivity index (χ2n) is 17.5. The molecule has 0 spiro atoms. The Labute approximate surface area is 416 Å². The molecule has 19 nitrogen and oxygen atoms in total. The number of rotatable bonds is 22. The van der Waals surface area contributed by atoms with Gasteiger partial charge in [-0.3, -0.25) is 24.0 Å². The zero-order valence-corrected chi connectivity index (χ0v) is 41.7. The number of amides is 5. The summed E-state index contributed by atoms with van der Waals surface area (Å²) in [6, 6.07) is 13.1. The van der Waals surface area contributed by atoms with Crippen LogP contribution in [0.15, 0.2) is 54.6 Å². The lowest BCUT2D eigenvalue weighted by Gasteiger charge is -2.32. The number of likely N-dealkylation sites (N-methyl/N-ethyl adjacent to an activating group) is 1. The molecule has 5 rings (SSSR count). The maximum atomic E-state index is 14.8. The van der Waals surface area contributed by atoms with E-state index in [-0.39, 0.29) is 63.8 Å². The lowest BCUT2D eigenvalue weighted by Crippen LogP contribution is -2.56. The minimum atomic E-state index is -1.42. The number of benzene rings is 3. The van der Waals surface area contributed by atoms with Gasteiger partial charge in [-0.05, 0) is 118 Å². The van der Waals surface area contributed by atoms with Gasteiger partial charge >= 0.3 is 6.01 Å². The normalized spacial score (nSPS) is 16.0. The molecule has 1 aliphatic heterocycles. The maximum absolute atomic E-state index is 14.8. The van der Waals surface area contributed by atoms with Gasteiger partial charge in [0.25, 0.3) is 5.91 Å². The van der Waals surface area contributed by atoms with Crippen molar-refractivity contribution in [2.45, 2.75) is 110 Å². The van der Waals surface area contributed by atoms with Crippen LogP contribution < -0.4 is 52.7 Å². The minimum Gasteiger partial charge on any atom is -0.492 e. The number of nitrogens with zero attached hydrogens (tertiary/aromatic N) is 4. The van der Waals surface area contributed by atoms with Crippen LogP contribution in [0, 0.1) is 25.2 Å². The summed E-state index contributed by atoms with van der Waals surface area (Å²) in [5, 5.41) is 20.0. The third-order valence-corrected chi connectivity index (χ3v) is 12.1. The van der Waals surface area contributed by atoms with Crippen molar-refractivity contribution in [1.29, 1.82) is 5.26 Å². The zero-order valence-electron chi connectivity index (χ0n) is 41.7. The lowest BCUT2D eigenvalue weighted by molar-refractivity contribution is -0.141. The molecule has 1 aromatic heterocycles. The molecule has 10 N–H and O–H groups in total. The van der Waals surface area contributed by atoms with Gasteiger partial charge in [-0.25, -0.2) is 0 Å². The Balaban J connectivity index is 1.52. The Morgan fingerprint density at radius 3 is 2.10 bits per heavy atom. The average Bonchev–Trinajstić information content (AvgIpc) is 3.34. The molecule has 71 heavy (non-hydrogen) atoms. The number of unbranched alkanes of at least 4 members (excludes halogenated alkanes) is 2. The van der Waals surface area contributed by atoms with E-state index in [0.29, 0.717) is 50.9 Å². The van der Waals surface area contributed by atoms with Crippen molar-refractivity contribution in [3.05, 3.63) is 93.8 Å². The molecule has 0 radical (unpaired) electrons. The summed E-state index contributed by atoms with van der Waals surface area (Å²) in [6.07, 6.45) is 6.19. The van der Waals surface area contributed by atoms with Gasteiger partial charge in [-0.2, -0.15) is 15.2 Å². The molecular formula is C52H69N11O8. The number of fused-ring (bicyclic) bond motifs is 5. The molecule has 19 heteroatoms. The first-order valence-electron chi connectivity index (χ1n) is 24.3. The molecule has 2 heterocycles. The van der Waals surface area contributed by atoms with E-state index in [1.165, 1.54) is 30.0 Å². The third kappa shape index (κ3) is 14.5. The van der Waals surface area contributed by atoms with Crippen LogP contribution in [0.25, 0.3) is 11.1 Å². The molecule has 0 unspecified atom stereocenters. The van der Waals surface area contributed by atoms with Crippen LogP contribution in [-0.2, 0) is 38.4 Å². The van der Waals surface area contributed by atoms with Crippen LogP contribution in [0.3, 0.4) is 0 Å². The fourth-order valence-corrected chi connectivity index (χ4v) is 8.40. The van der Waals surface area contributed by atoms with Crippen molar-refractivity contribution in [2.24, 2.45) is 17.2 Å². The van der Waals surface area contributed by atoms with Gasteiger partial charge in [-0.1, -0.05) is 44.9 Å². The van der Waals surface area contributed by atoms with E-state index in [4.69, 9.17) is 31.4 Å². The van der Waals surface area contributed by atoms with Gasteiger partial charge < -0.3 is 57.6 Å². The molecule has 3 aromatic carbocycles. The molecule has 4 atom stereocenters. The maximum Gasteiger partial charge on any atom is 0.322 e. The van der Waals surface area contributed by atoms with E-state index in [9.17, 15) is 29.2 Å². The number of nitrogens with two attached hydrogens (primary N) is 3. The SMILES string of the molecule is CCCCc1ccc(Oc2nc(C)c(C(=O)N[C@@H](CCN)C(=O)N(C)[C@@H]3C(=O)N[C@@H](C)C(=O)N[C@H](C(=O)NCC#N)Cc4ccc(OCCN)c(c4)-c4cc3ccc4OCCN)c(C)n2)cc1CCCC. The van der Waals surface area contributed by atoms with Crippen LogP contribution in [0.1, 0.15) is 103 Å². The number of hydrogen-bond donors (Lipinski definition) is 7. The number of aryl methyl sites for hydroxylation is 4. The largest absolute Gasteiger partial charge is 0.492 e. The Hall–Kier alpha value is -7.14. The number of hydrogen-bond acceptors (Lipinski definition) is 14. The zero-order chi connectivity index (χ0) is 51.6. The molecule has 380 valence electrons. The molecule has 0 saturated carbocycles. The van der Waals surface area contributed by atoms with E-state index in [2.05, 4.69) is 51.1 Å². The summed E-state index contributed by atoms with van der Waals surface area (Å²) in [5.41, 5.74) is 22.9. The van der Waals surface area contributed by atoms with E-state index < -0.39 is 53.7 Å². The quantitative estimate of drug-likeness (QED) is 0.0553. The first kappa shape index (κ1) is 54.8. The molecule has 0 aliphatic carbocycles. The summed E-state index contributed by atoms with van der Waals surface area (Å²) in [5.74, 6) is -2.06. The molecule has 0 saturated heterocycles. The summed E-state index contributed by atoms with van der Waals surface area (Å²) < 4.78 is 18.4. The van der Waals surface area contributed by atoms with Crippen molar-refractivity contribution >= 4 is 29.5 Å². The second-order valence-corrected chi connectivity index (χ2v) is 17.5. The Morgan fingerprint density at radius 1 is 0.845 bits per heavy atom. The molecule has 4 aromatic rings. The van der Waals surface area contributed by atoms with Crippen LogP contribution in [0.2, 0.25) is 0 Å². The van der Waals surface area contributed by atoms with Crippen molar-refractivity contribution < 1.29 is 38.2 Å². The average molecular weight is 976 g/mol.